The number of benzene rings is 1. The molecule has 2 aromatic rings. The molecule has 1 heterocycles. The standard InChI is InChI=1S/C15H16ClN3O2S/c1-10(20)17-7-6-14(21)18-8-15-19-13(9-22-15)11-2-4-12(16)5-3-11/h2-5,9H,6-8H2,1H3,(H,17,20)(H,18,21). The van der Waals surface area contributed by atoms with Crippen LogP contribution in [0, 0.1) is 0 Å². The summed E-state index contributed by atoms with van der Waals surface area (Å²) in [7, 11) is 0. The number of hydrogen-bond donors (Lipinski definition) is 2. The Morgan fingerprint density at radius 2 is 1.95 bits per heavy atom. The van der Waals surface area contributed by atoms with Crippen LogP contribution in [-0.4, -0.2) is 23.3 Å². The number of thiazole rings is 1. The molecule has 0 aliphatic carbocycles. The van der Waals surface area contributed by atoms with Crippen LogP contribution in [0.5, 0.6) is 0 Å². The van der Waals surface area contributed by atoms with Crippen molar-refractivity contribution in [3.05, 3.63) is 39.7 Å². The number of carbonyl (C=O) groups excluding carboxylic acids is 2. The van der Waals surface area contributed by atoms with E-state index in [1.165, 1.54) is 18.3 Å². The molecule has 0 bridgehead atoms. The summed E-state index contributed by atoms with van der Waals surface area (Å²) in [5, 5.41) is 8.83. The van der Waals surface area contributed by atoms with Crippen LogP contribution in [0.3, 0.4) is 0 Å². The van der Waals surface area contributed by atoms with Crippen LogP contribution in [0.4, 0.5) is 0 Å². The van der Waals surface area contributed by atoms with E-state index in [2.05, 4.69) is 15.6 Å². The van der Waals surface area contributed by atoms with Crippen LogP contribution in [0.2, 0.25) is 5.02 Å². The van der Waals surface area contributed by atoms with Gasteiger partial charge >= 0.3 is 0 Å². The lowest BCUT2D eigenvalue weighted by atomic mass is 10.2. The first-order valence-corrected chi connectivity index (χ1v) is 8.02. The number of nitrogens with one attached hydrogen (secondary N) is 2. The maximum absolute atomic E-state index is 11.6. The van der Waals surface area contributed by atoms with Crippen molar-refractivity contribution in [1.29, 1.82) is 0 Å². The topological polar surface area (TPSA) is 71.1 Å². The van der Waals surface area contributed by atoms with Gasteiger partial charge in [-0.3, -0.25) is 9.59 Å². The van der Waals surface area contributed by atoms with Gasteiger partial charge in [0.05, 0.1) is 12.2 Å². The Morgan fingerprint density at radius 3 is 2.64 bits per heavy atom. The molecule has 0 saturated carbocycles. The van der Waals surface area contributed by atoms with Gasteiger partial charge < -0.3 is 10.6 Å². The van der Waals surface area contributed by atoms with Crippen LogP contribution in [0.15, 0.2) is 29.6 Å². The molecule has 0 aliphatic heterocycles. The van der Waals surface area contributed by atoms with Gasteiger partial charge in [-0.15, -0.1) is 11.3 Å². The molecule has 22 heavy (non-hydrogen) atoms. The van der Waals surface area contributed by atoms with Crippen molar-refractivity contribution in [2.24, 2.45) is 0 Å². The van der Waals surface area contributed by atoms with Crippen LogP contribution < -0.4 is 10.6 Å². The van der Waals surface area contributed by atoms with E-state index in [1.807, 2.05) is 29.6 Å². The van der Waals surface area contributed by atoms with E-state index >= 15 is 0 Å². The Morgan fingerprint density at radius 1 is 1.23 bits per heavy atom. The third kappa shape index (κ3) is 5.13. The SMILES string of the molecule is CC(=O)NCCC(=O)NCc1nc(-c2ccc(Cl)cc2)cs1. The van der Waals surface area contributed by atoms with Gasteiger partial charge in [0.15, 0.2) is 0 Å². The molecule has 2 rings (SSSR count). The summed E-state index contributed by atoms with van der Waals surface area (Å²) in [5.74, 6) is -0.252. The molecule has 0 fully saturated rings. The monoisotopic (exact) mass is 337 g/mol. The van der Waals surface area contributed by atoms with Crippen molar-refractivity contribution >= 4 is 34.8 Å². The second kappa shape index (κ2) is 7.91. The number of nitrogens with zero attached hydrogens (tertiary/aromatic N) is 1. The molecule has 2 amide bonds. The van der Waals surface area contributed by atoms with Crippen LogP contribution in [0.1, 0.15) is 18.4 Å². The first-order valence-electron chi connectivity index (χ1n) is 6.76. The summed E-state index contributed by atoms with van der Waals surface area (Å²) < 4.78 is 0. The van der Waals surface area contributed by atoms with Crippen LogP contribution >= 0.6 is 22.9 Å². The van der Waals surface area contributed by atoms with Gasteiger partial charge in [-0.2, -0.15) is 0 Å². The van der Waals surface area contributed by atoms with E-state index in [9.17, 15) is 9.59 Å². The number of carbonyl (C=O) groups is 2. The van der Waals surface area contributed by atoms with Crippen molar-refractivity contribution < 1.29 is 9.59 Å². The van der Waals surface area contributed by atoms with E-state index in [-0.39, 0.29) is 18.2 Å². The second-order valence-electron chi connectivity index (χ2n) is 4.64. The molecule has 2 N–H and O–H groups in total. The molecule has 1 aromatic carbocycles. The summed E-state index contributed by atoms with van der Waals surface area (Å²) in [4.78, 5) is 26.8. The van der Waals surface area contributed by atoms with Crippen molar-refractivity contribution in [1.82, 2.24) is 15.6 Å². The Bertz CT molecular complexity index is 655. The largest absolute Gasteiger partial charge is 0.356 e. The molecule has 0 spiro atoms. The Labute approximate surface area is 137 Å². The average molecular weight is 338 g/mol. The number of rotatable bonds is 6. The number of halogens is 1. The molecule has 0 atom stereocenters. The lowest BCUT2D eigenvalue weighted by Gasteiger charge is -2.03. The van der Waals surface area contributed by atoms with Gasteiger partial charge in [0.1, 0.15) is 5.01 Å². The molecule has 0 saturated heterocycles. The predicted molar refractivity (Wildman–Crippen MR) is 87.7 cm³/mol. The maximum Gasteiger partial charge on any atom is 0.222 e. The highest BCUT2D eigenvalue weighted by molar-refractivity contribution is 7.09. The van der Waals surface area contributed by atoms with Crippen molar-refractivity contribution in [2.75, 3.05) is 6.54 Å². The molecule has 0 unspecified atom stereocenters. The lowest BCUT2D eigenvalue weighted by molar-refractivity contribution is -0.121. The Kier molecular flexibility index (Phi) is 5.91. The predicted octanol–water partition coefficient (Wildman–Crippen LogP) is 2.61. The zero-order chi connectivity index (χ0) is 15.9. The summed E-state index contributed by atoms with van der Waals surface area (Å²) in [5.41, 5.74) is 1.85. The summed E-state index contributed by atoms with van der Waals surface area (Å²) >= 11 is 7.35. The quantitative estimate of drug-likeness (QED) is 0.851. The minimum atomic E-state index is -0.139. The molecule has 116 valence electrons. The minimum Gasteiger partial charge on any atom is -0.356 e. The molecule has 7 heteroatoms. The summed E-state index contributed by atoms with van der Waals surface area (Å²) in [6.07, 6.45) is 0.259. The summed E-state index contributed by atoms with van der Waals surface area (Å²) in [6.45, 7) is 2.15. The fourth-order valence-electron chi connectivity index (χ4n) is 1.76. The fraction of sp³-hybridized carbons (Fsp3) is 0.267. The molecular weight excluding hydrogens is 322 g/mol. The average Bonchev–Trinajstić information content (AvgIpc) is 2.94. The Hall–Kier alpha value is -1.92. The molecule has 1 aromatic heterocycles. The fourth-order valence-corrected chi connectivity index (χ4v) is 2.63. The first-order chi connectivity index (χ1) is 10.5. The van der Waals surface area contributed by atoms with Gasteiger partial charge in [0.2, 0.25) is 11.8 Å². The number of hydrogen-bond acceptors (Lipinski definition) is 4. The van der Waals surface area contributed by atoms with Crippen LogP contribution in [-0.2, 0) is 16.1 Å². The number of amides is 2. The van der Waals surface area contributed by atoms with Gasteiger partial charge in [0.25, 0.3) is 0 Å². The van der Waals surface area contributed by atoms with Gasteiger partial charge in [-0.1, -0.05) is 23.7 Å². The summed E-state index contributed by atoms with van der Waals surface area (Å²) in [6, 6.07) is 7.46. The van der Waals surface area contributed by atoms with Crippen molar-refractivity contribution in [3.63, 3.8) is 0 Å². The van der Waals surface area contributed by atoms with E-state index in [4.69, 9.17) is 11.6 Å². The van der Waals surface area contributed by atoms with E-state index in [1.54, 1.807) is 0 Å². The molecule has 5 nitrogen and oxygen atoms in total. The van der Waals surface area contributed by atoms with E-state index in [0.29, 0.717) is 18.1 Å². The molecular formula is C15H16ClN3O2S. The second-order valence-corrected chi connectivity index (χ2v) is 6.02. The third-order valence-electron chi connectivity index (χ3n) is 2.85. The van der Waals surface area contributed by atoms with Gasteiger partial charge in [-0.05, 0) is 12.1 Å². The maximum atomic E-state index is 11.6. The lowest BCUT2D eigenvalue weighted by Crippen LogP contribution is -2.29. The van der Waals surface area contributed by atoms with Crippen molar-refractivity contribution in [2.45, 2.75) is 19.9 Å². The third-order valence-corrected chi connectivity index (χ3v) is 3.96. The minimum absolute atomic E-state index is 0.114. The van der Waals surface area contributed by atoms with Gasteiger partial charge in [-0.25, -0.2) is 4.98 Å². The zero-order valence-corrected chi connectivity index (χ0v) is 13.6. The highest BCUT2D eigenvalue weighted by Crippen LogP contribution is 2.23. The number of aromatic nitrogens is 1. The van der Waals surface area contributed by atoms with Crippen molar-refractivity contribution in [3.8, 4) is 11.3 Å². The van der Waals surface area contributed by atoms with E-state index < -0.39 is 0 Å². The molecule has 0 aliphatic rings. The highest BCUT2D eigenvalue weighted by atomic mass is 35.5. The van der Waals surface area contributed by atoms with Crippen LogP contribution in [0.25, 0.3) is 11.3 Å². The smallest absolute Gasteiger partial charge is 0.222 e. The molecule has 0 radical (unpaired) electrons. The highest BCUT2D eigenvalue weighted by Gasteiger charge is 2.07. The zero-order valence-electron chi connectivity index (χ0n) is 12.1. The van der Waals surface area contributed by atoms with E-state index in [0.717, 1.165) is 16.3 Å². The normalized spacial score (nSPS) is 10.3. The van der Waals surface area contributed by atoms with Gasteiger partial charge in [0, 0.05) is 35.9 Å². The Balaban J connectivity index is 1.83. The first kappa shape index (κ1) is 16.5.